The normalized spacial score (nSPS) is 11.0. The van der Waals surface area contributed by atoms with Gasteiger partial charge >= 0.3 is 5.69 Å². The topological polar surface area (TPSA) is 98.2 Å². The molecule has 0 unspecified atom stereocenters. The van der Waals surface area contributed by atoms with E-state index < -0.39 is 4.92 Å². The summed E-state index contributed by atoms with van der Waals surface area (Å²) in [6, 6.07) is 4.23. The molecule has 0 spiro atoms. The summed E-state index contributed by atoms with van der Waals surface area (Å²) in [5, 5.41) is 11.7. The second-order valence-corrected chi connectivity index (χ2v) is 6.67. The number of nitrogens with two attached hydrogens (primary N) is 1. The summed E-state index contributed by atoms with van der Waals surface area (Å²) < 4.78 is 0. The van der Waals surface area contributed by atoms with Gasteiger partial charge in [-0.1, -0.05) is 31.5 Å². The van der Waals surface area contributed by atoms with Crippen molar-refractivity contribution in [1.82, 2.24) is 9.97 Å². The van der Waals surface area contributed by atoms with Gasteiger partial charge in [0.2, 0.25) is 11.6 Å². The molecule has 0 aliphatic heterocycles. The maximum Gasteiger partial charge on any atom is 0.353 e. The number of aryl methyl sites for hydroxylation is 4. The van der Waals surface area contributed by atoms with E-state index in [2.05, 4.69) is 35.9 Å². The van der Waals surface area contributed by atoms with Crippen molar-refractivity contribution in [2.24, 2.45) is 0 Å². The smallest absolute Gasteiger partial charge is 0.353 e. The number of aromatic nitrogens is 2. The van der Waals surface area contributed by atoms with Crippen LogP contribution in [0.3, 0.4) is 0 Å². The van der Waals surface area contributed by atoms with E-state index in [1.165, 1.54) is 0 Å². The van der Waals surface area contributed by atoms with E-state index >= 15 is 0 Å². The van der Waals surface area contributed by atoms with Crippen LogP contribution in [0, 0.1) is 37.8 Å². The highest BCUT2D eigenvalue weighted by molar-refractivity contribution is 5.78. The van der Waals surface area contributed by atoms with Crippen LogP contribution in [0.5, 0.6) is 0 Å². The van der Waals surface area contributed by atoms with Crippen LogP contribution < -0.4 is 10.6 Å². The minimum Gasteiger partial charge on any atom is -0.378 e. The van der Waals surface area contributed by atoms with Gasteiger partial charge in [-0.25, -0.2) is 9.97 Å². The van der Waals surface area contributed by atoms with Crippen molar-refractivity contribution in [3.05, 3.63) is 44.8 Å². The third-order valence-corrected chi connectivity index (χ3v) is 4.60. The van der Waals surface area contributed by atoms with Gasteiger partial charge in [-0.05, 0) is 51.7 Å². The zero-order chi connectivity index (χ0) is 19.6. The third kappa shape index (κ3) is 3.61. The van der Waals surface area contributed by atoms with Crippen molar-refractivity contribution < 1.29 is 4.92 Å². The SMILES string of the molecule is CCC(CC)N(c1nc(C)nc(N)c1[N+](=O)[O-])c1c(C)cc(C)cc1C. The summed E-state index contributed by atoms with van der Waals surface area (Å²) in [5.74, 6) is 0.584. The van der Waals surface area contributed by atoms with E-state index in [9.17, 15) is 10.1 Å². The lowest BCUT2D eigenvalue weighted by Crippen LogP contribution is -2.33. The van der Waals surface area contributed by atoms with Crippen LogP contribution in [-0.2, 0) is 0 Å². The van der Waals surface area contributed by atoms with Crippen molar-refractivity contribution in [3.8, 4) is 0 Å². The molecule has 7 nitrogen and oxygen atoms in total. The fourth-order valence-electron chi connectivity index (χ4n) is 3.58. The van der Waals surface area contributed by atoms with Crippen molar-refractivity contribution in [2.75, 3.05) is 10.6 Å². The first-order chi connectivity index (χ1) is 12.2. The number of anilines is 3. The highest BCUT2D eigenvalue weighted by atomic mass is 16.6. The van der Waals surface area contributed by atoms with Gasteiger partial charge in [-0.15, -0.1) is 0 Å². The minimum absolute atomic E-state index is 0.0579. The molecule has 0 radical (unpaired) electrons. The fourth-order valence-corrected chi connectivity index (χ4v) is 3.58. The molecule has 0 saturated heterocycles. The van der Waals surface area contributed by atoms with E-state index in [1.807, 2.05) is 25.7 Å². The van der Waals surface area contributed by atoms with Crippen molar-refractivity contribution in [3.63, 3.8) is 0 Å². The van der Waals surface area contributed by atoms with Crippen LogP contribution in [0.4, 0.5) is 23.0 Å². The lowest BCUT2D eigenvalue weighted by Gasteiger charge is -2.34. The quantitative estimate of drug-likeness (QED) is 0.602. The van der Waals surface area contributed by atoms with Crippen molar-refractivity contribution >= 4 is 23.0 Å². The maximum absolute atomic E-state index is 11.7. The number of nitrogen functional groups attached to an aromatic ring is 1. The van der Waals surface area contributed by atoms with E-state index in [1.54, 1.807) is 6.92 Å². The average molecular weight is 357 g/mol. The van der Waals surface area contributed by atoms with Gasteiger partial charge in [0.05, 0.1) is 4.92 Å². The molecule has 0 atom stereocenters. The van der Waals surface area contributed by atoms with Gasteiger partial charge in [0.1, 0.15) is 5.82 Å². The molecule has 0 aliphatic carbocycles. The first-order valence-corrected chi connectivity index (χ1v) is 8.86. The summed E-state index contributed by atoms with van der Waals surface area (Å²) >= 11 is 0. The fraction of sp³-hybridized carbons (Fsp3) is 0.474. The first kappa shape index (κ1) is 19.6. The second-order valence-electron chi connectivity index (χ2n) is 6.67. The molecule has 2 aromatic rings. The largest absolute Gasteiger partial charge is 0.378 e. The van der Waals surface area contributed by atoms with Gasteiger partial charge in [0.15, 0.2) is 0 Å². The Balaban J connectivity index is 2.87. The number of rotatable bonds is 6. The molecule has 0 bridgehead atoms. The molecule has 1 aromatic carbocycles. The highest BCUT2D eigenvalue weighted by Crippen LogP contribution is 2.41. The summed E-state index contributed by atoms with van der Waals surface area (Å²) in [4.78, 5) is 21.7. The lowest BCUT2D eigenvalue weighted by molar-refractivity contribution is -0.383. The van der Waals surface area contributed by atoms with E-state index in [-0.39, 0.29) is 23.4 Å². The van der Waals surface area contributed by atoms with Gasteiger partial charge in [0.25, 0.3) is 0 Å². The van der Waals surface area contributed by atoms with E-state index in [0.717, 1.165) is 35.2 Å². The zero-order valence-corrected chi connectivity index (χ0v) is 16.3. The predicted octanol–water partition coefficient (Wildman–Crippen LogP) is 4.53. The van der Waals surface area contributed by atoms with Crippen molar-refractivity contribution in [1.29, 1.82) is 0 Å². The van der Waals surface area contributed by atoms with E-state index in [0.29, 0.717) is 5.82 Å². The molecule has 2 rings (SSSR count). The Hall–Kier alpha value is -2.70. The Bertz CT molecular complexity index is 808. The van der Waals surface area contributed by atoms with E-state index in [4.69, 9.17) is 5.73 Å². The summed E-state index contributed by atoms with van der Waals surface area (Å²) in [5.41, 5.74) is 9.88. The Morgan fingerprint density at radius 1 is 1.12 bits per heavy atom. The molecule has 0 fully saturated rings. The Kier molecular flexibility index (Phi) is 5.79. The lowest BCUT2D eigenvalue weighted by atomic mass is 10.0. The standard InChI is InChI=1S/C19H27N5O2/c1-7-15(8-2)23(16-12(4)9-11(3)10-13(16)5)19-17(24(25)26)18(20)21-14(6)22-19/h9-10,15H,7-8H2,1-6H3,(H2,20,21,22). The molecule has 1 aromatic heterocycles. The molecule has 26 heavy (non-hydrogen) atoms. The van der Waals surface area contributed by atoms with Gasteiger partial charge in [-0.2, -0.15) is 0 Å². The van der Waals surface area contributed by atoms with Crippen LogP contribution in [-0.4, -0.2) is 20.9 Å². The van der Waals surface area contributed by atoms with Crippen LogP contribution in [0.2, 0.25) is 0 Å². The summed E-state index contributed by atoms with van der Waals surface area (Å²) in [6.07, 6.45) is 1.65. The van der Waals surface area contributed by atoms with Crippen LogP contribution in [0.1, 0.15) is 49.2 Å². The predicted molar refractivity (Wildman–Crippen MR) is 105 cm³/mol. The van der Waals surface area contributed by atoms with Gasteiger partial charge < -0.3 is 10.6 Å². The highest BCUT2D eigenvalue weighted by Gasteiger charge is 2.32. The van der Waals surface area contributed by atoms with Crippen molar-refractivity contribution in [2.45, 2.75) is 60.4 Å². The number of hydrogen-bond acceptors (Lipinski definition) is 6. The molecular weight excluding hydrogens is 330 g/mol. The first-order valence-electron chi connectivity index (χ1n) is 8.86. The molecule has 0 amide bonds. The Morgan fingerprint density at radius 2 is 1.65 bits per heavy atom. The van der Waals surface area contributed by atoms with Crippen LogP contribution in [0.15, 0.2) is 12.1 Å². The Labute approximate surface area is 154 Å². The number of nitrogens with zero attached hydrogens (tertiary/aromatic N) is 4. The number of benzene rings is 1. The Morgan fingerprint density at radius 3 is 2.12 bits per heavy atom. The molecule has 7 heteroatoms. The summed E-state index contributed by atoms with van der Waals surface area (Å²) in [7, 11) is 0. The monoisotopic (exact) mass is 357 g/mol. The zero-order valence-electron chi connectivity index (χ0n) is 16.3. The molecule has 0 saturated carbocycles. The van der Waals surface area contributed by atoms with Gasteiger partial charge in [-0.3, -0.25) is 10.1 Å². The number of nitro groups is 1. The molecule has 1 heterocycles. The molecule has 0 aliphatic rings. The van der Waals surface area contributed by atoms with Crippen LogP contribution >= 0.6 is 0 Å². The van der Waals surface area contributed by atoms with Crippen LogP contribution in [0.25, 0.3) is 0 Å². The minimum atomic E-state index is -0.488. The molecule has 2 N–H and O–H groups in total. The third-order valence-electron chi connectivity index (χ3n) is 4.60. The maximum atomic E-state index is 11.7. The molecular formula is C19H27N5O2. The average Bonchev–Trinajstić information content (AvgIpc) is 2.52. The summed E-state index contributed by atoms with van der Waals surface area (Å²) in [6.45, 7) is 11.9. The number of hydrogen-bond donors (Lipinski definition) is 1. The molecule has 140 valence electrons. The van der Waals surface area contributed by atoms with Gasteiger partial charge in [0, 0.05) is 11.7 Å². The second kappa shape index (κ2) is 7.68.